The van der Waals surface area contributed by atoms with E-state index in [1.165, 1.54) is 6.07 Å². The maximum atomic E-state index is 13.3. The molecule has 1 nitrogen and oxygen atoms in total. The highest BCUT2D eigenvalue weighted by molar-refractivity contribution is 9.11. The van der Waals surface area contributed by atoms with Crippen molar-refractivity contribution in [2.75, 3.05) is 5.32 Å². The van der Waals surface area contributed by atoms with E-state index in [9.17, 15) is 4.39 Å². The molecule has 0 spiro atoms. The lowest BCUT2D eigenvalue weighted by molar-refractivity contribution is 0.619. The maximum absolute atomic E-state index is 13.3. The van der Waals surface area contributed by atoms with Gasteiger partial charge in [0.15, 0.2) is 0 Å². The summed E-state index contributed by atoms with van der Waals surface area (Å²) in [7, 11) is 0. The number of anilines is 1. The van der Waals surface area contributed by atoms with Crippen LogP contribution in [0.1, 0.15) is 5.56 Å². The van der Waals surface area contributed by atoms with Gasteiger partial charge in [0, 0.05) is 21.2 Å². The van der Waals surface area contributed by atoms with Crippen molar-refractivity contribution in [3.63, 3.8) is 0 Å². The van der Waals surface area contributed by atoms with Gasteiger partial charge in [-0.1, -0.05) is 22.0 Å². The molecule has 2 rings (SSSR count). The summed E-state index contributed by atoms with van der Waals surface area (Å²) in [6.45, 7) is 0.574. The van der Waals surface area contributed by atoms with Crippen molar-refractivity contribution >= 4 is 53.5 Å². The Morgan fingerprint density at radius 2 is 1.72 bits per heavy atom. The largest absolute Gasteiger partial charge is 0.380 e. The highest BCUT2D eigenvalue weighted by atomic mass is 79.9. The fraction of sp³-hybridized carbons (Fsp3) is 0.0769. The second-order valence-electron chi connectivity index (χ2n) is 3.73. The third-order valence-electron chi connectivity index (χ3n) is 2.40. The smallest absolute Gasteiger partial charge is 0.137 e. The molecule has 0 aliphatic rings. The summed E-state index contributed by atoms with van der Waals surface area (Å²) in [6.07, 6.45) is 0. The van der Waals surface area contributed by atoms with E-state index < -0.39 is 0 Å². The van der Waals surface area contributed by atoms with Gasteiger partial charge in [0.2, 0.25) is 0 Å². The van der Waals surface area contributed by atoms with Gasteiger partial charge in [-0.25, -0.2) is 4.39 Å². The van der Waals surface area contributed by atoms with Crippen LogP contribution in [0.4, 0.5) is 10.1 Å². The van der Waals surface area contributed by atoms with E-state index >= 15 is 0 Å². The van der Waals surface area contributed by atoms with E-state index in [2.05, 4.69) is 53.1 Å². The first-order chi connectivity index (χ1) is 8.56. The van der Waals surface area contributed by atoms with Crippen molar-refractivity contribution in [2.24, 2.45) is 0 Å². The quantitative estimate of drug-likeness (QED) is 0.647. The molecule has 0 saturated carbocycles. The van der Waals surface area contributed by atoms with E-state index in [0.717, 1.165) is 20.2 Å². The Morgan fingerprint density at radius 3 is 2.39 bits per heavy atom. The minimum absolute atomic E-state index is 0.246. The molecule has 0 saturated heterocycles. The highest BCUT2D eigenvalue weighted by Crippen LogP contribution is 2.26. The summed E-state index contributed by atoms with van der Waals surface area (Å²) < 4.78 is 15.8. The summed E-state index contributed by atoms with van der Waals surface area (Å²) in [5.41, 5.74) is 1.87. The van der Waals surface area contributed by atoms with Crippen LogP contribution < -0.4 is 5.32 Å². The van der Waals surface area contributed by atoms with Crippen molar-refractivity contribution in [1.82, 2.24) is 0 Å². The molecule has 0 aromatic heterocycles. The molecule has 0 amide bonds. The zero-order chi connectivity index (χ0) is 13.1. The van der Waals surface area contributed by atoms with Gasteiger partial charge in [0.1, 0.15) is 5.82 Å². The van der Waals surface area contributed by atoms with Crippen LogP contribution >= 0.6 is 47.8 Å². The number of hydrogen-bond acceptors (Lipinski definition) is 1. The molecule has 0 bridgehead atoms. The van der Waals surface area contributed by atoms with Gasteiger partial charge in [0.05, 0.1) is 4.47 Å². The molecular weight excluding hydrogens is 429 g/mol. The number of halogens is 4. The van der Waals surface area contributed by atoms with Crippen LogP contribution in [-0.2, 0) is 6.54 Å². The standard InChI is InChI=1S/C13H9Br3FN/c14-9-2-4-13(11(16)6-9)18-7-8-1-3-10(15)12(17)5-8/h1-6,18H,7H2. The van der Waals surface area contributed by atoms with Crippen LogP contribution in [0.15, 0.2) is 49.8 Å². The Labute approximate surface area is 130 Å². The first kappa shape index (κ1) is 14.0. The molecule has 0 radical (unpaired) electrons. The van der Waals surface area contributed by atoms with Crippen molar-refractivity contribution in [1.29, 1.82) is 0 Å². The molecule has 18 heavy (non-hydrogen) atoms. The first-order valence-corrected chi connectivity index (χ1v) is 7.57. The second kappa shape index (κ2) is 6.17. The maximum Gasteiger partial charge on any atom is 0.137 e. The summed E-state index contributed by atoms with van der Waals surface area (Å²) in [6, 6.07) is 11.0. The Hall–Kier alpha value is -0.390. The Morgan fingerprint density at radius 1 is 0.944 bits per heavy atom. The topological polar surface area (TPSA) is 12.0 Å². The number of benzene rings is 2. The summed E-state index contributed by atoms with van der Waals surface area (Å²) in [4.78, 5) is 0. The Balaban J connectivity index is 2.09. The van der Waals surface area contributed by atoms with Crippen molar-refractivity contribution in [3.05, 3.63) is 61.2 Å². The van der Waals surface area contributed by atoms with Gasteiger partial charge in [-0.3, -0.25) is 0 Å². The lowest BCUT2D eigenvalue weighted by Gasteiger charge is -2.09. The molecule has 0 fully saturated rings. The molecule has 0 aliphatic carbocycles. The minimum atomic E-state index is -0.246. The van der Waals surface area contributed by atoms with E-state index in [-0.39, 0.29) is 5.82 Å². The summed E-state index contributed by atoms with van der Waals surface area (Å²) in [5.74, 6) is -0.246. The van der Waals surface area contributed by atoms with Crippen LogP contribution in [0.5, 0.6) is 0 Å². The average molecular weight is 438 g/mol. The minimum Gasteiger partial charge on any atom is -0.380 e. The Bertz CT molecular complexity index is 572. The zero-order valence-electron chi connectivity index (χ0n) is 9.18. The van der Waals surface area contributed by atoms with E-state index in [0.29, 0.717) is 11.0 Å². The average Bonchev–Trinajstić information content (AvgIpc) is 2.32. The Kier molecular flexibility index (Phi) is 4.81. The van der Waals surface area contributed by atoms with Gasteiger partial charge >= 0.3 is 0 Å². The third kappa shape index (κ3) is 3.56. The number of rotatable bonds is 3. The molecule has 0 heterocycles. The number of nitrogens with one attached hydrogen (secondary N) is 1. The van der Waals surface area contributed by atoms with Gasteiger partial charge in [-0.2, -0.15) is 0 Å². The van der Waals surface area contributed by atoms with Crippen LogP contribution in [0.3, 0.4) is 0 Å². The lowest BCUT2D eigenvalue weighted by atomic mass is 10.2. The fourth-order valence-corrected chi connectivity index (χ4v) is 2.91. The van der Waals surface area contributed by atoms with Crippen LogP contribution in [-0.4, -0.2) is 0 Å². The molecule has 2 aromatic carbocycles. The molecule has 0 unspecified atom stereocenters. The van der Waals surface area contributed by atoms with Gasteiger partial charge in [0.25, 0.3) is 0 Å². The molecule has 0 atom stereocenters. The predicted molar refractivity (Wildman–Crippen MR) is 83.3 cm³/mol. The van der Waals surface area contributed by atoms with Crippen molar-refractivity contribution < 1.29 is 4.39 Å². The zero-order valence-corrected chi connectivity index (χ0v) is 13.9. The summed E-state index contributed by atoms with van der Waals surface area (Å²) >= 11 is 10.0. The molecular formula is C13H9Br3FN. The summed E-state index contributed by atoms with van der Waals surface area (Å²) in [5, 5.41) is 3.25. The van der Waals surface area contributed by atoms with Crippen LogP contribution in [0.25, 0.3) is 0 Å². The van der Waals surface area contributed by atoms with Gasteiger partial charge < -0.3 is 5.32 Å². The normalized spacial score (nSPS) is 10.4. The SMILES string of the molecule is Fc1cc(CNc2ccc(Br)cc2Br)ccc1Br. The van der Waals surface area contributed by atoms with Crippen LogP contribution in [0.2, 0.25) is 0 Å². The lowest BCUT2D eigenvalue weighted by Crippen LogP contribution is -2.00. The highest BCUT2D eigenvalue weighted by Gasteiger charge is 2.03. The molecule has 2 aromatic rings. The van der Waals surface area contributed by atoms with E-state index in [1.807, 2.05) is 24.3 Å². The molecule has 0 aliphatic heterocycles. The van der Waals surface area contributed by atoms with E-state index in [4.69, 9.17) is 0 Å². The van der Waals surface area contributed by atoms with Gasteiger partial charge in [-0.15, -0.1) is 0 Å². The molecule has 5 heteroatoms. The molecule has 1 N–H and O–H groups in total. The fourth-order valence-electron chi connectivity index (χ4n) is 1.48. The number of hydrogen-bond donors (Lipinski definition) is 1. The van der Waals surface area contributed by atoms with Gasteiger partial charge in [-0.05, 0) is 67.8 Å². The predicted octanol–water partition coefficient (Wildman–Crippen LogP) is 5.73. The van der Waals surface area contributed by atoms with Crippen molar-refractivity contribution in [3.8, 4) is 0 Å². The van der Waals surface area contributed by atoms with Crippen molar-refractivity contribution in [2.45, 2.75) is 6.54 Å². The third-order valence-corrected chi connectivity index (χ3v) is 4.19. The van der Waals surface area contributed by atoms with Crippen LogP contribution in [0, 0.1) is 5.82 Å². The molecule has 94 valence electrons. The second-order valence-corrected chi connectivity index (χ2v) is 6.35. The van der Waals surface area contributed by atoms with E-state index in [1.54, 1.807) is 6.07 Å². The monoisotopic (exact) mass is 435 g/mol. The first-order valence-electron chi connectivity index (χ1n) is 5.19.